The van der Waals surface area contributed by atoms with Gasteiger partial charge in [0.1, 0.15) is 5.15 Å². The normalized spacial score (nSPS) is 14.8. The van der Waals surface area contributed by atoms with E-state index in [-0.39, 0.29) is 12.1 Å². The van der Waals surface area contributed by atoms with E-state index in [4.69, 9.17) is 16.3 Å². The third kappa shape index (κ3) is 4.21. The highest BCUT2D eigenvalue weighted by Gasteiger charge is 2.27. The molecule has 2 atom stereocenters. The predicted molar refractivity (Wildman–Crippen MR) is 84.4 cm³/mol. The molecule has 116 valence electrons. The molecule has 1 aromatic rings. The molecule has 20 heavy (non-hydrogen) atoms. The molecule has 0 spiro atoms. The van der Waals surface area contributed by atoms with Crippen LogP contribution in [0.15, 0.2) is 0 Å². The van der Waals surface area contributed by atoms with Crippen molar-refractivity contribution in [2.45, 2.75) is 53.2 Å². The van der Waals surface area contributed by atoms with Crippen LogP contribution in [0.25, 0.3) is 0 Å². The van der Waals surface area contributed by atoms with Gasteiger partial charge in [-0.3, -0.25) is 4.68 Å². The molecule has 0 aliphatic rings. The topological polar surface area (TPSA) is 39.1 Å². The first-order chi connectivity index (χ1) is 9.42. The van der Waals surface area contributed by atoms with E-state index in [1.165, 1.54) is 0 Å². The molecule has 0 aromatic carbocycles. The van der Waals surface area contributed by atoms with Crippen LogP contribution in [0.2, 0.25) is 5.15 Å². The largest absolute Gasteiger partial charge is 0.377 e. The zero-order valence-electron chi connectivity index (χ0n) is 13.5. The van der Waals surface area contributed by atoms with Crippen LogP contribution in [0.3, 0.4) is 0 Å². The van der Waals surface area contributed by atoms with Gasteiger partial charge in [-0.25, -0.2) is 0 Å². The summed E-state index contributed by atoms with van der Waals surface area (Å²) in [7, 11) is 1.88. The summed E-state index contributed by atoms with van der Waals surface area (Å²) in [6.45, 7) is 12.2. The van der Waals surface area contributed by atoms with E-state index >= 15 is 0 Å². The number of nitrogens with zero attached hydrogens (tertiary/aromatic N) is 2. The number of aryl methyl sites for hydroxylation is 2. The monoisotopic (exact) mass is 301 g/mol. The number of hydrogen-bond acceptors (Lipinski definition) is 3. The molecule has 0 fully saturated rings. The second-order valence-electron chi connectivity index (χ2n) is 5.51. The molecule has 0 radical (unpaired) electrons. The summed E-state index contributed by atoms with van der Waals surface area (Å²) in [6, 6.07) is 0.250. The molecule has 5 heteroatoms. The van der Waals surface area contributed by atoms with Gasteiger partial charge >= 0.3 is 0 Å². The molecule has 1 rings (SSSR count). The van der Waals surface area contributed by atoms with E-state index < -0.39 is 0 Å². The Morgan fingerprint density at radius 1 is 1.35 bits per heavy atom. The van der Waals surface area contributed by atoms with Crippen molar-refractivity contribution in [3.8, 4) is 0 Å². The van der Waals surface area contributed by atoms with E-state index in [1.54, 1.807) is 4.68 Å². The van der Waals surface area contributed by atoms with Crippen molar-refractivity contribution in [3.63, 3.8) is 0 Å². The van der Waals surface area contributed by atoms with Crippen molar-refractivity contribution in [1.82, 2.24) is 15.1 Å². The fourth-order valence-corrected chi connectivity index (χ4v) is 2.91. The SMILES string of the molecule is CCNC(Cc1c(C)nn(C)c1Cl)C(OCC)C(C)C. The van der Waals surface area contributed by atoms with Crippen LogP contribution in [0, 0.1) is 12.8 Å². The van der Waals surface area contributed by atoms with E-state index in [9.17, 15) is 0 Å². The van der Waals surface area contributed by atoms with Gasteiger partial charge in [-0.05, 0) is 32.7 Å². The highest BCUT2D eigenvalue weighted by Crippen LogP contribution is 2.23. The Morgan fingerprint density at radius 3 is 2.40 bits per heavy atom. The molecule has 1 aromatic heterocycles. The number of likely N-dealkylation sites (N-methyl/N-ethyl adjacent to an activating group) is 1. The van der Waals surface area contributed by atoms with Crippen LogP contribution in [-0.4, -0.2) is 35.1 Å². The van der Waals surface area contributed by atoms with Gasteiger partial charge in [-0.1, -0.05) is 32.4 Å². The standard InChI is InChI=1S/C15H28ClN3O/c1-7-17-13(14(10(3)4)20-8-2)9-12-11(5)18-19(6)15(12)16/h10,13-14,17H,7-9H2,1-6H3. The van der Waals surface area contributed by atoms with Gasteiger partial charge in [0, 0.05) is 25.3 Å². The van der Waals surface area contributed by atoms with Crippen molar-refractivity contribution in [3.05, 3.63) is 16.4 Å². The van der Waals surface area contributed by atoms with Crippen molar-refractivity contribution < 1.29 is 4.74 Å². The first-order valence-corrected chi connectivity index (χ1v) is 7.83. The van der Waals surface area contributed by atoms with Gasteiger partial charge in [0.25, 0.3) is 0 Å². The minimum absolute atomic E-state index is 0.177. The molecular weight excluding hydrogens is 274 g/mol. The van der Waals surface area contributed by atoms with E-state index in [1.807, 2.05) is 20.9 Å². The number of rotatable bonds is 8. The summed E-state index contributed by atoms with van der Waals surface area (Å²) < 4.78 is 7.68. The molecule has 1 N–H and O–H groups in total. The predicted octanol–water partition coefficient (Wildman–Crippen LogP) is 2.96. The maximum Gasteiger partial charge on any atom is 0.130 e. The van der Waals surface area contributed by atoms with E-state index in [0.717, 1.165) is 36.0 Å². The lowest BCUT2D eigenvalue weighted by Gasteiger charge is -2.30. The molecule has 0 bridgehead atoms. The zero-order valence-corrected chi connectivity index (χ0v) is 14.3. The Kier molecular flexibility index (Phi) is 7.00. The maximum atomic E-state index is 6.35. The van der Waals surface area contributed by atoms with Crippen LogP contribution in [0.4, 0.5) is 0 Å². The van der Waals surface area contributed by atoms with E-state index in [0.29, 0.717) is 5.92 Å². The minimum atomic E-state index is 0.177. The fraction of sp³-hybridized carbons (Fsp3) is 0.800. The molecule has 0 saturated heterocycles. The molecule has 0 amide bonds. The summed E-state index contributed by atoms with van der Waals surface area (Å²) in [4.78, 5) is 0. The van der Waals surface area contributed by atoms with Crippen molar-refractivity contribution in [2.75, 3.05) is 13.2 Å². The number of nitrogens with one attached hydrogen (secondary N) is 1. The molecule has 0 saturated carbocycles. The maximum absolute atomic E-state index is 6.35. The summed E-state index contributed by atoms with van der Waals surface area (Å²) in [5.41, 5.74) is 2.12. The van der Waals surface area contributed by atoms with Gasteiger partial charge in [0.15, 0.2) is 0 Å². The van der Waals surface area contributed by atoms with Crippen LogP contribution < -0.4 is 5.32 Å². The summed E-state index contributed by atoms with van der Waals surface area (Å²) in [5, 5.41) is 8.66. The van der Waals surface area contributed by atoms with Crippen LogP contribution in [-0.2, 0) is 18.2 Å². The minimum Gasteiger partial charge on any atom is -0.377 e. The number of ether oxygens (including phenoxy) is 1. The van der Waals surface area contributed by atoms with Gasteiger partial charge in [-0.2, -0.15) is 5.10 Å². The third-order valence-corrected chi connectivity index (χ3v) is 4.05. The molecule has 2 unspecified atom stereocenters. The third-order valence-electron chi connectivity index (χ3n) is 3.57. The Morgan fingerprint density at radius 2 is 2.00 bits per heavy atom. The van der Waals surface area contributed by atoms with E-state index in [2.05, 4.69) is 31.2 Å². The average Bonchev–Trinajstić information content (AvgIpc) is 2.61. The molecule has 1 heterocycles. The zero-order chi connectivity index (χ0) is 15.3. The average molecular weight is 302 g/mol. The number of hydrogen-bond donors (Lipinski definition) is 1. The Bertz CT molecular complexity index is 417. The Hall–Kier alpha value is -0.580. The van der Waals surface area contributed by atoms with Crippen LogP contribution >= 0.6 is 11.6 Å². The van der Waals surface area contributed by atoms with Gasteiger partial charge in [0.05, 0.1) is 11.8 Å². The Labute approximate surface area is 127 Å². The lowest BCUT2D eigenvalue weighted by molar-refractivity contribution is 0.00393. The highest BCUT2D eigenvalue weighted by molar-refractivity contribution is 6.30. The van der Waals surface area contributed by atoms with Crippen LogP contribution in [0.5, 0.6) is 0 Å². The van der Waals surface area contributed by atoms with Gasteiger partial charge in [-0.15, -0.1) is 0 Å². The number of aromatic nitrogens is 2. The lowest BCUT2D eigenvalue weighted by atomic mass is 9.94. The van der Waals surface area contributed by atoms with Gasteiger partial charge < -0.3 is 10.1 Å². The van der Waals surface area contributed by atoms with Crippen molar-refractivity contribution in [2.24, 2.45) is 13.0 Å². The molecule has 4 nitrogen and oxygen atoms in total. The second-order valence-corrected chi connectivity index (χ2v) is 5.87. The van der Waals surface area contributed by atoms with Gasteiger partial charge in [0.2, 0.25) is 0 Å². The smallest absolute Gasteiger partial charge is 0.130 e. The molecular formula is C15H28ClN3O. The van der Waals surface area contributed by atoms with Crippen molar-refractivity contribution >= 4 is 11.6 Å². The van der Waals surface area contributed by atoms with Crippen molar-refractivity contribution in [1.29, 1.82) is 0 Å². The molecule has 0 aliphatic heterocycles. The quantitative estimate of drug-likeness (QED) is 0.802. The first kappa shape index (κ1) is 17.5. The second kappa shape index (κ2) is 8.01. The number of halogens is 1. The summed E-state index contributed by atoms with van der Waals surface area (Å²) in [5.74, 6) is 0.453. The summed E-state index contributed by atoms with van der Waals surface area (Å²) in [6.07, 6.45) is 1.02. The first-order valence-electron chi connectivity index (χ1n) is 7.45. The Balaban J connectivity index is 2.95. The highest BCUT2D eigenvalue weighted by atomic mass is 35.5. The fourth-order valence-electron chi connectivity index (χ4n) is 2.66. The lowest BCUT2D eigenvalue weighted by Crippen LogP contribution is -2.45. The summed E-state index contributed by atoms with van der Waals surface area (Å²) >= 11 is 6.35. The van der Waals surface area contributed by atoms with Crippen LogP contribution in [0.1, 0.15) is 39.0 Å². The molecule has 0 aliphatic carbocycles.